The molecule has 1 fully saturated rings. The molecular formula is C33H44F5N5. The fourth-order valence-corrected chi connectivity index (χ4v) is 6.37. The molecule has 1 aromatic heterocycles. The number of aliphatic imine (C=N–C) groups is 2. The lowest BCUT2D eigenvalue weighted by atomic mass is 9.79. The van der Waals surface area contributed by atoms with Gasteiger partial charge in [-0.1, -0.05) is 19.9 Å². The van der Waals surface area contributed by atoms with Crippen LogP contribution in [0.5, 0.6) is 0 Å². The maximum atomic E-state index is 15.6. The molecule has 0 radical (unpaired) electrons. The SMILES string of the molecule is C=NC(CC)N(C)C(=C(C)CC)c1cnc2c(c1)CCC(CCC1(F)CCC(F)(F)CC1)C=C2C1=CN(C(F)F)CN=C1. The topological polar surface area (TPSA) is 44.1 Å². The first-order valence-corrected chi connectivity index (χ1v) is 15.3. The van der Waals surface area contributed by atoms with Gasteiger partial charge in [0.1, 0.15) is 18.5 Å². The van der Waals surface area contributed by atoms with E-state index in [0.717, 1.165) is 34.6 Å². The molecule has 0 N–H and O–H groups in total. The van der Waals surface area contributed by atoms with E-state index >= 15 is 4.39 Å². The molecule has 236 valence electrons. The summed E-state index contributed by atoms with van der Waals surface area (Å²) < 4.78 is 70.3. The normalized spacial score (nSPS) is 22.7. The Bertz CT molecular complexity index is 1270. The lowest BCUT2D eigenvalue weighted by Gasteiger charge is -2.34. The van der Waals surface area contributed by atoms with Crippen LogP contribution < -0.4 is 0 Å². The minimum Gasteiger partial charge on any atom is -0.352 e. The van der Waals surface area contributed by atoms with Gasteiger partial charge >= 0.3 is 6.55 Å². The maximum Gasteiger partial charge on any atom is 0.316 e. The van der Waals surface area contributed by atoms with Crippen molar-refractivity contribution in [3.8, 4) is 0 Å². The van der Waals surface area contributed by atoms with Crippen molar-refractivity contribution in [1.29, 1.82) is 0 Å². The van der Waals surface area contributed by atoms with Gasteiger partial charge in [-0.2, -0.15) is 8.78 Å². The Balaban J connectivity index is 1.70. The van der Waals surface area contributed by atoms with E-state index in [0.29, 0.717) is 36.1 Å². The molecular weight excluding hydrogens is 561 g/mol. The number of halogens is 5. The Morgan fingerprint density at radius 3 is 2.53 bits per heavy atom. The first-order valence-electron chi connectivity index (χ1n) is 15.3. The summed E-state index contributed by atoms with van der Waals surface area (Å²) in [5.74, 6) is -2.88. The summed E-state index contributed by atoms with van der Waals surface area (Å²) >= 11 is 0. The smallest absolute Gasteiger partial charge is 0.316 e. The Labute approximate surface area is 252 Å². The predicted molar refractivity (Wildman–Crippen MR) is 164 cm³/mol. The van der Waals surface area contributed by atoms with Crippen molar-refractivity contribution in [3.05, 3.63) is 52.5 Å². The standard InChI is InChI=1S/C33H44F5N5/c1-6-22(3)30(42(5)28(7-2)39-4)25-17-24-9-8-23(10-11-32(36)12-14-33(37,38)15-13-32)16-27(29(24)41-19-25)26-18-40-21-43(20-26)31(34)35/h16-20,23,28,31H,4,6-15,21H2,1-3,5H3. The first-order chi connectivity index (χ1) is 20.4. The fraction of sp³-hybridized carbons (Fsp3) is 0.606. The Kier molecular flexibility index (Phi) is 10.5. The van der Waals surface area contributed by atoms with Crippen molar-refractivity contribution in [2.45, 2.75) is 109 Å². The van der Waals surface area contributed by atoms with Crippen LogP contribution in [0, 0.1) is 5.92 Å². The van der Waals surface area contributed by atoms with E-state index in [-0.39, 0.29) is 38.0 Å². The third kappa shape index (κ3) is 7.73. The molecule has 0 amide bonds. The number of hydrogen-bond donors (Lipinski definition) is 0. The number of pyridine rings is 1. The third-order valence-corrected chi connectivity index (χ3v) is 9.17. The molecule has 0 bridgehead atoms. The molecule has 2 unspecified atom stereocenters. The Morgan fingerprint density at radius 1 is 1.19 bits per heavy atom. The zero-order chi connectivity index (χ0) is 31.4. The second-order valence-electron chi connectivity index (χ2n) is 12.2. The number of allylic oxidation sites excluding steroid dienone is 4. The van der Waals surface area contributed by atoms with Crippen molar-refractivity contribution >= 4 is 24.2 Å². The highest BCUT2D eigenvalue weighted by atomic mass is 19.3. The largest absolute Gasteiger partial charge is 0.352 e. The molecule has 1 aliphatic heterocycles. The molecule has 5 nitrogen and oxygen atoms in total. The second kappa shape index (κ2) is 13.7. The quantitative estimate of drug-likeness (QED) is 0.144. The van der Waals surface area contributed by atoms with Crippen LogP contribution in [0.2, 0.25) is 0 Å². The molecule has 3 aliphatic rings. The van der Waals surface area contributed by atoms with Crippen LogP contribution in [0.3, 0.4) is 0 Å². The average molecular weight is 606 g/mol. The van der Waals surface area contributed by atoms with E-state index in [1.807, 2.05) is 19.3 Å². The van der Waals surface area contributed by atoms with Crippen molar-refractivity contribution in [2.75, 3.05) is 13.7 Å². The lowest BCUT2D eigenvalue weighted by molar-refractivity contribution is -0.0783. The maximum absolute atomic E-state index is 15.6. The number of nitrogens with zero attached hydrogens (tertiary/aromatic N) is 5. The van der Waals surface area contributed by atoms with Gasteiger partial charge in [-0.05, 0) is 88.1 Å². The van der Waals surface area contributed by atoms with E-state index in [4.69, 9.17) is 4.98 Å². The average Bonchev–Trinajstić information content (AvgIpc) is 3.18. The van der Waals surface area contributed by atoms with Gasteiger partial charge in [0.2, 0.25) is 5.92 Å². The highest BCUT2D eigenvalue weighted by Gasteiger charge is 2.43. The Morgan fingerprint density at radius 2 is 1.91 bits per heavy atom. The lowest BCUT2D eigenvalue weighted by Crippen LogP contribution is -2.35. The van der Waals surface area contributed by atoms with Crippen LogP contribution in [-0.4, -0.2) is 65.7 Å². The molecule has 43 heavy (non-hydrogen) atoms. The van der Waals surface area contributed by atoms with Gasteiger partial charge in [0.05, 0.1) is 5.69 Å². The fourth-order valence-electron chi connectivity index (χ4n) is 6.37. The van der Waals surface area contributed by atoms with Gasteiger partial charge < -0.3 is 9.80 Å². The second-order valence-corrected chi connectivity index (χ2v) is 12.2. The summed E-state index contributed by atoms with van der Waals surface area (Å²) in [7, 11) is 2.00. The molecule has 0 saturated heterocycles. The van der Waals surface area contributed by atoms with Gasteiger partial charge in [0, 0.05) is 60.9 Å². The summed E-state index contributed by atoms with van der Waals surface area (Å²) in [4.78, 5) is 16.4. The molecule has 2 atom stereocenters. The van der Waals surface area contributed by atoms with E-state index in [9.17, 15) is 17.6 Å². The highest BCUT2D eigenvalue weighted by Crippen LogP contribution is 2.44. The molecule has 0 aromatic carbocycles. The predicted octanol–water partition coefficient (Wildman–Crippen LogP) is 8.69. The van der Waals surface area contributed by atoms with Crippen LogP contribution in [0.15, 0.2) is 45.7 Å². The highest BCUT2D eigenvalue weighted by molar-refractivity contribution is 6.01. The molecule has 1 saturated carbocycles. The zero-order valence-electron chi connectivity index (χ0n) is 25.7. The number of aromatic nitrogens is 1. The number of aryl methyl sites for hydroxylation is 1. The van der Waals surface area contributed by atoms with Crippen molar-refractivity contribution < 1.29 is 22.0 Å². The first kappa shape index (κ1) is 32.9. The van der Waals surface area contributed by atoms with E-state index in [1.54, 1.807) is 6.21 Å². The van der Waals surface area contributed by atoms with Gasteiger partial charge in [-0.25, -0.2) is 13.2 Å². The van der Waals surface area contributed by atoms with E-state index in [1.165, 1.54) is 11.8 Å². The summed E-state index contributed by atoms with van der Waals surface area (Å²) in [6.45, 7) is 7.18. The molecule has 4 rings (SSSR count). The summed E-state index contributed by atoms with van der Waals surface area (Å²) in [6, 6.07) is 2.12. The van der Waals surface area contributed by atoms with Crippen LogP contribution in [0.4, 0.5) is 22.0 Å². The Hall–Kier alpha value is -3.04. The number of fused-ring (bicyclic) bond motifs is 1. The zero-order valence-corrected chi connectivity index (χ0v) is 25.7. The van der Waals surface area contributed by atoms with Crippen molar-refractivity contribution in [3.63, 3.8) is 0 Å². The number of hydrogen-bond acceptors (Lipinski definition) is 5. The van der Waals surface area contributed by atoms with Gasteiger partial charge in [0.25, 0.3) is 0 Å². The van der Waals surface area contributed by atoms with Crippen LogP contribution in [0.1, 0.15) is 95.4 Å². The number of alkyl halides is 5. The van der Waals surface area contributed by atoms with Crippen molar-refractivity contribution in [1.82, 2.24) is 14.8 Å². The van der Waals surface area contributed by atoms with Crippen molar-refractivity contribution in [2.24, 2.45) is 15.9 Å². The van der Waals surface area contributed by atoms with Gasteiger partial charge in [-0.15, -0.1) is 0 Å². The molecule has 10 heteroatoms. The molecule has 2 aliphatic carbocycles. The molecule has 1 aromatic rings. The summed E-state index contributed by atoms with van der Waals surface area (Å²) in [5.41, 5.74) is 4.39. The molecule has 0 spiro atoms. The minimum absolute atomic E-state index is 0.0801. The van der Waals surface area contributed by atoms with E-state index in [2.05, 4.69) is 48.4 Å². The minimum atomic E-state index is -2.80. The van der Waals surface area contributed by atoms with E-state index < -0.39 is 31.0 Å². The molecule has 2 heterocycles. The monoisotopic (exact) mass is 605 g/mol. The van der Waals surface area contributed by atoms with Crippen LogP contribution >= 0.6 is 0 Å². The summed E-state index contributed by atoms with van der Waals surface area (Å²) in [6.07, 6.45) is 9.20. The number of rotatable bonds is 11. The summed E-state index contributed by atoms with van der Waals surface area (Å²) in [5, 5.41) is 0. The van der Waals surface area contributed by atoms with Crippen LogP contribution in [-0.2, 0) is 6.42 Å². The third-order valence-electron chi connectivity index (χ3n) is 9.17. The van der Waals surface area contributed by atoms with Crippen LogP contribution in [0.25, 0.3) is 11.3 Å². The van der Waals surface area contributed by atoms with Gasteiger partial charge in [-0.3, -0.25) is 15.0 Å². The van der Waals surface area contributed by atoms with Gasteiger partial charge in [0.15, 0.2) is 0 Å².